The molecule has 0 spiro atoms. The second kappa shape index (κ2) is 4.65. The van der Waals surface area contributed by atoms with Crippen LogP contribution < -0.4 is 5.73 Å². The van der Waals surface area contributed by atoms with Crippen LogP contribution in [0.15, 0.2) is 12.1 Å². The van der Waals surface area contributed by atoms with E-state index in [9.17, 15) is 0 Å². The molecule has 0 saturated heterocycles. The standard InChI is InChI=1S/C12H13Cl2N5/c1-6-2-8(6)5-19-12(16-17-18-19)7-3-9(13)11(14)10(15)4-7/h3-4,6,8H,2,5,15H2,1H3. The Morgan fingerprint density at radius 2 is 2.16 bits per heavy atom. The molecule has 0 bridgehead atoms. The van der Waals surface area contributed by atoms with Crippen molar-refractivity contribution in [1.82, 2.24) is 20.2 Å². The van der Waals surface area contributed by atoms with Crippen molar-refractivity contribution in [3.8, 4) is 11.4 Å². The summed E-state index contributed by atoms with van der Waals surface area (Å²) in [6.07, 6.45) is 1.23. The Labute approximate surface area is 120 Å². The highest BCUT2D eigenvalue weighted by molar-refractivity contribution is 6.43. The van der Waals surface area contributed by atoms with Crippen molar-refractivity contribution in [2.24, 2.45) is 11.8 Å². The summed E-state index contributed by atoms with van der Waals surface area (Å²) in [5.41, 5.74) is 7.03. The van der Waals surface area contributed by atoms with Gasteiger partial charge in [0.1, 0.15) is 0 Å². The summed E-state index contributed by atoms with van der Waals surface area (Å²) in [5.74, 6) is 2.07. The first-order valence-electron chi connectivity index (χ1n) is 6.07. The molecule has 0 amide bonds. The van der Waals surface area contributed by atoms with E-state index in [2.05, 4.69) is 22.4 Å². The number of nitrogens with zero attached hydrogens (tertiary/aromatic N) is 4. The van der Waals surface area contributed by atoms with Crippen LogP contribution >= 0.6 is 23.2 Å². The van der Waals surface area contributed by atoms with Crippen molar-refractivity contribution in [3.63, 3.8) is 0 Å². The summed E-state index contributed by atoms with van der Waals surface area (Å²) < 4.78 is 1.80. The molecule has 2 N–H and O–H groups in total. The Morgan fingerprint density at radius 1 is 1.42 bits per heavy atom. The molecule has 3 rings (SSSR count). The third-order valence-electron chi connectivity index (χ3n) is 3.53. The number of nitrogen functional groups attached to an aromatic ring is 1. The summed E-state index contributed by atoms with van der Waals surface area (Å²) in [7, 11) is 0. The van der Waals surface area contributed by atoms with E-state index in [-0.39, 0.29) is 0 Å². The number of halogens is 2. The summed E-state index contributed by atoms with van der Waals surface area (Å²) in [5, 5.41) is 12.6. The number of rotatable bonds is 3. The van der Waals surface area contributed by atoms with Crippen LogP contribution in [-0.2, 0) is 6.54 Å². The van der Waals surface area contributed by atoms with Gasteiger partial charge in [-0.1, -0.05) is 30.1 Å². The molecule has 7 heteroatoms. The number of tetrazole rings is 1. The van der Waals surface area contributed by atoms with E-state index in [0.717, 1.165) is 18.0 Å². The van der Waals surface area contributed by atoms with Crippen molar-refractivity contribution in [3.05, 3.63) is 22.2 Å². The maximum Gasteiger partial charge on any atom is 0.182 e. The Bertz CT molecular complexity index is 601. The molecule has 1 saturated carbocycles. The minimum absolute atomic E-state index is 0.361. The zero-order valence-electron chi connectivity index (χ0n) is 10.3. The maximum absolute atomic E-state index is 6.04. The Morgan fingerprint density at radius 3 is 2.79 bits per heavy atom. The zero-order chi connectivity index (χ0) is 13.6. The molecule has 2 aromatic rings. The predicted octanol–water partition coefficient (Wildman–Crippen LogP) is 2.89. The van der Waals surface area contributed by atoms with Gasteiger partial charge in [0.15, 0.2) is 5.82 Å². The van der Waals surface area contributed by atoms with Gasteiger partial charge in [-0.3, -0.25) is 0 Å². The van der Waals surface area contributed by atoms with Crippen molar-refractivity contribution in [2.75, 3.05) is 5.73 Å². The van der Waals surface area contributed by atoms with Crippen LogP contribution in [0.3, 0.4) is 0 Å². The molecule has 0 aliphatic heterocycles. The van der Waals surface area contributed by atoms with Crippen LogP contribution in [0.1, 0.15) is 13.3 Å². The van der Waals surface area contributed by atoms with Gasteiger partial charge < -0.3 is 5.73 Å². The molecule has 1 aromatic heterocycles. The molecule has 1 aromatic carbocycles. The highest BCUT2D eigenvalue weighted by Crippen LogP contribution is 2.39. The highest BCUT2D eigenvalue weighted by atomic mass is 35.5. The van der Waals surface area contributed by atoms with Gasteiger partial charge in [-0.25, -0.2) is 4.68 Å². The first-order chi connectivity index (χ1) is 9.06. The molecule has 1 aliphatic carbocycles. The van der Waals surface area contributed by atoms with Crippen LogP contribution in [0, 0.1) is 11.8 Å². The third-order valence-corrected chi connectivity index (χ3v) is 4.35. The van der Waals surface area contributed by atoms with E-state index in [1.807, 2.05) is 0 Å². The second-order valence-corrected chi connectivity index (χ2v) is 5.80. The van der Waals surface area contributed by atoms with Gasteiger partial charge in [0, 0.05) is 12.1 Å². The van der Waals surface area contributed by atoms with Gasteiger partial charge in [0.2, 0.25) is 0 Å². The molecule has 2 atom stereocenters. The molecule has 2 unspecified atom stereocenters. The van der Waals surface area contributed by atoms with Crippen molar-refractivity contribution < 1.29 is 0 Å². The third kappa shape index (κ3) is 2.40. The van der Waals surface area contributed by atoms with Crippen LogP contribution in [0.4, 0.5) is 5.69 Å². The highest BCUT2D eigenvalue weighted by Gasteiger charge is 2.33. The van der Waals surface area contributed by atoms with E-state index in [1.165, 1.54) is 6.42 Å². The Hall–Kier alpha value is -1.33. The van der Waals surface area contributed by atoms with E-state index < -0.39 is 0 Å². The lowest BCUT2D eigenvalue weighted by atomic mass is 10.2. The van der Waals surface area contributed by atoms with Gasteiger partial charge in [-0.15, -0.1) is 5.10 Å². The number of hydrogen-bond acceptors (Lipinski definition) is 4. The smallest absolute Gasteiger partial charge is 0.182 e. The Balaban J connectivity index is 1.96. The van der Waals surface area contributed by atoms with Gasteiger partial charge >= 0.3 is 0 Å². The number of aromatic nitrogens is 4. The number of benzene rings is 1. The fourth-order valence-corrected chi connectivity index (χ4v) is 2.49. The molecule has 5 nitrogen and oxygen atoms in total. The largest absolute Gasteiger partial charge is 0.397 e. The van der Waals surface area contributed by atoms with Gasteiger partial charge in [0.25, 0.3) is 0 Å². The van der Waals surface area contributed by atoms with Crippen molar-refractivity contribution in [1.29, 1.82) is 0 Å². The zero-order valence-corrected chi connectivity index (χ0v) is 11.9. The molecule has 0 radical (unpaired) electrons. The van der Waals surface area contributed by atoms with E-state index in [1.54, 1.807) is 16.8 Å². The van der Waals surface area contributed by atoms with Gasteiger partial charge in [-0.2, -0.15) is 0 Å². The van der Waals surface area contributed by atoms with Crippen LogP contribution in [0.25, 0.3) is 11.4 Å². The minimum atomic E-state index is 0.361. The minimum Gasteiger partial charge on any atom is -0.397 e. The summed E-state index contributed by atoms with van der Waals surface area (Å²) in [6.45, 7) is 3.05. The normalized spacial score (nSPS) is 21.6. The lowest BCUT2D eigenvalue weighted by Crippen LogP contribution is -2.05. The molecule has 1 heterocycles. The van der Waals surface area contributed by atoms with E-state index in [0.29, 0.717) is 27.5 Å². The summed E-state index contributed by atoms with van der Waals surface area (Å²) in [6, 6.07) is 3.48. The monoisotopic (exact) mass is 297 g/mol. The maximum atomic E-state index is 6.04. The summed E-state index contributed by atoms with van der Waals surface area (Å²) in [4.78, 5) is 0. The molecule has 19 heavy (non-hydrogen) atoms. The van der Waals surface area contributed by atoms with Crippen LogP contribution in [-0.4, -0.2) is 20.2 Å². The predicted molar refractivity (Wildman–Crippen MR) is 75.0 cm³/mol. The van der Waals surface area contributed by atoms with Crippen molar-refractivity contribution in [2.45, 2.75) is 19.9 Å². The van der Waals surface area contributed by atoms with Gasteiger partial charge in [-0.05, 0) is 40.8 Å². The SMILES string of the molecule is CC1CC1Cn1nnnc1-c1cc(N)c(Cl)c(Cl)c1. The van der Waals surface area contributed by atoms with E-state index >= 15 is 0 Å². The van der Waals surface area contributed by atoms with Crippen molar-refractivity contribution >= 4 is 28.9 Å². The first-order valence-corrected chi connectivity index (χ1v) is 6.83. The summed E-state index contributed by atoms with van der Waals surface area (Å²) >= 11 is 12.0. The number of nitrogens with two attached hydrogens (primary N) is 1. The average molecular weight is 298 g/mol. The van der Waals surface area contributed by atoms with Crippen LogP contribution in [0.5, 0.6) is 0 Å². The molecular formula is C12H13Cl2N5. The molecular weight excluding hydrogens is 285 g/mol. The number of hydrogen-bond donors (Lipinski definition) is 1. The fourth-order valence-electron chi connectivity index (χ4n) is 2.15. The first kappa shape index (κ1) is 12.7. The quantitative estimate of drug-likeness (QED) is 0.885. The lowest BCUT2D eigenvalue weighted by molar-refractivity contribution is 0.528. The lowest BCUT2D eigenvalue weighted by Gasteiger charge is -2.07. The Kier molecular flexibility index (Phi) is 3.11. The average Bonchev–Trinajstić information content (AvgIpc) is 2.88. The van der Waals surface area contributed by atoms with E-state index in [4.69, 9.17) is 28.9 Å². The van der Waals surface area contributed by atoms with Crippen LogP contribution in [0.2, 0.25) is 10.0 Å². The molecule has 1 aliphatic rings. The fraction of sp³-hybridized carbons (Fsp3) is 0.417. The topological polar surface area (TPSA) is 69.6 Å². The van der Waals surface area contributed by atoms with Gasteiger partial charge in [0.05, 0.1) is 15.7 Å². The second-order valence-electron chi connectivity index (χ2n) is 5.02. The number of anilines is 1. The molecule has 1 fully saturated rings. The molecule has 100 valence electrons.